The summed E-state index contributed by atoms with van der Waals surface area (Å²) < 4.78 is 28.1. The number of nitrogens with one attached hydrogen (secondary N) is 2. The molecule has 0 aliphatic carbocycles. The first-order valence-electron chi connectivity index (χ1n) is 9.05. The van der Waals surface area contributed by atoms with Crippen molar-refractivity contribution < 1.29 is 17.9 Å². The van der Waals surface area contributed by atoms with Crippen molar-refractivity contribution in [2.45, 2.75) is 37.7 Å². The molecule has 0 aliphatic heterocycles. The second-order valence-electron chi connectivity index (χ2n) is 6.75. The molecule has 0 saturated heterocycles. The van der Waals surface area contributed by atoms with Gasteiger partial charge in [0.2, 0.25) is 10.0 Å². The van der Waals surface area contributed by atoms with Crippen LogP contribution in [0.5, 0.6) is 0 Å². The highest BCUT2D eigenvalue weighted by molar-refractivity contribution is 7.89. The summed E-state index contributed by atoms with van der Waals surface area (Å²) in [5, 5.41) is 22.0. The summed E-state index contributed by atoms with van der Waals surface area (Å²) in [4.78, 5) is 4.53. The van der Waals surface area contributed by atoms with Crippen molar-refractivity contribution in [3.8, 4) is 0 Å². The first-order chi connectivity index (χ1) is 13.1. The second-order valence-corrected chi connectivity index (χ2v) is 8.31. The van der Waals surface area contributed by atoms with Crippen LogP contribution in [0, 0.1) is 6.92 Å². The summed E-state index contributed by atoms with van der Waals surface area (Å²) in [7, 11) is -3.68. The van der Waals surface area contributed by atoms with E-state index in [2.05, 4.69) is 15.6 Å². The van der Waals surface area contributed by atoms with Crippen molar-refractivity contribution in [1.82, 2.24) is 10.6 Å². The predicted octanol–water partition coefficient (Wildman–Crippen LogP) is 1.24. The van der Waals surface area contributed by atoms with Crippen LogP contribution in [-0.2, 0) is 22.0 Å². The number of rotatable bonds is 8. The lowest BCUT2D eigenvalue weighted by molar-refractivity contribution is 0.0428. The average Bonchev–Trinajstić information content (AvgIpc) is 3.07. The van der Waals surface area contributed by atoms with Crippen molar-refractivity contribution in [3.05, 3.63) is 53.5 Å². The molecule has 0 saturated carbocycles. The predicted molar refractivity (Wildman–Crippen MR) is 109 cm³/mol. The maximum atomic E-state index is 11.3. The van der Waals surface area contributed by atoms with Gasteiger partial charge < -0.3 is 20.2 Å². The number of aryl methyl sites for hydroxylation is 1. The summed E-state index contributed by atoms with van der Waals surface area (Å²) >= 11 is 0. The van der Waals surface area contributed by atoms with E-state index in [1.165, 1.54) is 12.1 Å². The molecule has 0 fully saturated rings. The molecule has 0 aliphatic rings. The monoisotopic (exact) mass is 408 g/mol. The molecule has 1 aromatic heterocycles. The Morgan fingerprint density at radius 2 is 1.89 bits per heavy atom. The molecule has 1 atom stereocenters. The van der Waals surface area contributed by atoms with Crippen LogP contribution in [0.1, 0.15) is 30.9 Å². The number of hydrogen-bond donors (Lipinski definition) is 4. The molecule has 8 nitrogen and oxygen atoms in total. The van der Waals surface area contributed by atoms with E-state index >= 15 is 0 Å². The molecular formula is C19H28N4O4S. The van der Waals surface area contributed by atoms with E-state index < -0.39 is 15.6 Å². The molecule has 5 N–H and O–H groups in total. The topological polar surface area (TPSA) is 130 Å². The van der Waals surface area contributed by atoms with Gasteiger partial charge in [-0.25, -0.2) is 18.5 Å². The summed E-state index contributed by atoms with van der Waals surface area (Å²) in [6.45, 7) is 6.84. The van der Waals surface area contributed by atoms with Crippen LogP contribution in [0.15, 0.2) is 50.7 Å². The van der Waals surface area contributed by atoms with Gasteiger partial charge in [0.25, 0.3) is 0 Å². The van der Waals surface area contributed by atoms with Gasteiger partial charge in [-0.05, 0) is 57.0 Å². The van der Waals surface area contributed by atoms with E-state index in [1.807, 2.05) is 13.8 Å². The Balaban J connectivity index is 1.94. The Kier molecular flexibility index (Phi) is 7.22. The standard InChI is InChI=1S/C19H28N4O4S/c1-4-21-18(23-13-19(3,24)17-10-5-14(2)27-17)22-12-11-15-6-8-16(9-7-15)28(20,25)26/h5-10,24H,4,11-13H2,1-3H3,(H2,20,25,26)(H2,21,22,23). The van der Waals surface area contributed by atoms with Crippen LogP contribution >= 0.6 is 0 Å². The quantitative estimate of drug-likeness (QED) is 0.384. The van der Waals surface area contributed by atoms with E-state index in [4.69, 9.17) is 9.56 Å². The number of aliphatic hydroxyl groups is 1. The maximum Gasteiger partial charge on any atom is 0.238 e. The zero-order valence-electron chi connectivity index (χ0n) is 16.4. The van der Waals surface area contributed by atoms with E-state index in [-0.39, 0.29) is 11.4 Å². The van der Waals surface area contributed by atoms with Crippen molar-refractivity contribution in [3.63, 3.8) is 0 Å². The van der Waals surface area contributed by atoms with Gasteiger partial charge in [-0.15, -0.1) is 0 Å². The van der Waals surface area contributed by atoms with Gasteiger partial charge in [-0.2, -0.15) is 0 Å². The Morgan fingerprint density at radius 1 is 1.21 bits per heavy atom. The SMILES string of the molecule is CCNC(=NCC(C)(O)c1ccc(C)o1)NCCc1ccc(S(N)(=O)=O)cc1. The fourth-order valence-corrected chi connectivity index (χ4v) is 3.06. The minimum Gasteiger partial charge on any atom is -0.463 e. The molecule has 0 radical (unpaired) electrons. The van der Waals surface area contributed by atoms with Gasteiger partial charge >= 0.3 is 0 Å². The van der Waals surface area contributed by atoms with Crippen molar-refractivity contribution >= 4 is 16.0 Å². The Morgan fingerprint density at radius 3 is 2.43 bits per heavy atom. The minimum absolute atomic E-state index is 0.0921. The molecule has 9 heteroatoms. The Hall–Kier alpha value is -2.36. The lowest BCUT2D eigenvalue weighted by Gasteiger charge is -2.19. The molecule has 1 unspecified atom stereocenters. The summed E-state index contributed by atoms with van der Waals surface area (Å²) in [5.41, 5.74) is -0.242. The summed E-state index contributed by atoms with van der Waals surface area (Å²) in [5.74, 6) is 1.78. The zero-order chi connectivity index (χ0) is 20.8. The average molecular weight is 409 g/mol. The molecule has 1 aromatic carbocycles. The van der Waals surface area contributed by atoms with E-state index in [1.54, 1.807) is 31.2 Å². The van der Waals surface area contributed by atoms with Crippen LogP contribution in [0.4, 0.5) is 0 Å². The number of aliphatic imine (C=N–C) groups is 1. The number of nitrogens with two attached hydrogens (primary N) is 1. The normalized spacial score (nSPS) is 14.5. The van der Waals surface area contributed by atoms with Gasteiger partial charge in [0.15, 0.2) is 5.96 Å². The smallest absolute Gasteiger partial charge is 0.238 e. The highest BCUT2D eigenvalue weighted by Gasteiger charge is 2.26. The van der Waals surface area contributed by atoms with Gasteiger partial charge in [0.05, 0.1) is 11.4 Å². The molecular weight excluding hydrogens is 380 g/mol. The van der Waals surface area contributed by atoms with Gasteiger partial charge in [0, 0.05) is 13.1 Å². The largest absolute Gasteiger partial charge is 0.463 e. The molecule has 0 bridgehead atoms. The zero-order valence-corrected chi connectivity index (χ0v) is 17.2. The van der Waals surface area contributed by atoms with Gasteiger partial charge in [-0.3, -0.25) is 0 Å². The molecule has 2 rings (SSSR count). The van der Waals surface area contributed by atoms with E-state index in [9.17, 15) is 13.5 Å². The third-order valence-corrected chi connectivity index (χ3v) is 5.05. The fraction of sp³-hybridized carbons (Fsp3) is 0.421. The first kappa shape index (κ1) is 21.9. The summed E-state index contributed by atoms with van der Waals surface area (Å²) in [6.07, 6.45) is 0.670. The summed E-state index contributed by atoms with van der Waals surface area (Å²) in [6, 6.07) is 10.00. The van der Waals surface area contributed by atoms with Gasteiger partial charge in [-0.1, -0.05) is 12.1 Å². The molecule has 154 valence electrons. The number of hydrogen-bond acceptors (Lipinski definition) is 5. The van der Waals surface area contributed by atoms with E-state index in [0.29, 0.717) is 31.2 Å². The number of guanidine groups is 1. The van der Waals surface area contributed by atoms with Crippen molar-refractivity contribution in [2.75, 3.05) is 19.6 Å². The maximum absolute atomic E-state index is 11.3. The third kappa shape index (κ3) is 6.36. The van der Waals surface area contributed by atoms with Crippen LogP contribution in [0.3, 0.4) is 0 Å². The Labute approximate surface area is 165 Å². The number of furan rings is 1. The van der Waals surface area contributed by atoms with Crippen molar-refractivity contribution in [2.24, 2.45) is 10.1 Å². The highest BCUT2D eigenvalue weighted by Crippen LogP contribution is 2.23. The van der Waals surface area contributed by atoms with Gasteiger partial charge in [0.1, 0.15) is 17.1 Å². The molecule has 28 heavy (non-hydrogen) atoms. The number of nitrogens with zero attached hydrogens (tertiary/aromatic N) is 1. The number of benzene rings is 1. The third-order valence-electron chi connectivity index (χ3n) is 4.12. The highest BCUT2D eigenvalue weighted by atomic mass is 32.2. The number of primary sulfonamides is 1. The van der Waals surface area contributed by atoms with Crippen LogP contribution in [-0.4, -0.2) is 39.1 Å². The fourth-order valence-electron chi connectivity index (χ4n) is 2.55. The molecule has 0 amide bonds. The lowest BCUT2D eigenvalue weighted by atomic mass is 10.0. The van der Waals surface area contributed by atoms with Crippen LogP contribution in [0.25, 0.3) is 0 Å². The Bertz CT molecular complexity index is 902. The second kappa shape index (κ2) is 9.22. The number of sulfonamides is 1. The first-order valence-corrected chi connectivity index (χ1v) is 10.6. The molecule has 2 aromatic rings. The minimum atomic E-state index is -3.68. The van der Waals surface area contributed by atoms with Crippen molar-refractivity contribution in [1.29, 1.82) is 0 Å². The van der Waals surface area contributed by atoms with E-state index in [0.717, 1.165) is 11.3 Å². The van der Waals surface area contributed by atoms with Crippen LogP contribution in [0.2, 0.25) is 0 Å². The molecule has 0 spiro atoms. The van der Waals surface area contributed by atoms with Crippen LogP contribution < -0.4 is 15.8 Å². The molecule has 1 heterocycles. The lowest BCUT2D eigenvalue weighted by Crippen LogP contribution is -2.39.